The van der Waals surface area contributed by atoms with E-state index in [1.54, 1.807) is 26.8 Å². The summed E-state index contributed by atoms with van der Waals surface area (Å²) in [5.74, 6) is -0.504. The highest BCUT2D eigenvalue weighted by Crippen LogP contribution is 2.20. The van der Waals surface area contributed by atoms with E-state index in [1.165, 1.54) is 12.1 Å². The van der Waals surface area contributed by atoms with Crippen LogP contribution < -0.4 is 5.32 Å². The van der Waals surface area contributed by atoms with Crippen molar-refractivity contribution in [3.05, 3.63) is 34.1 Å². The van der Waals surface area contributed by atoms with Crippen LogP contribution in [0.2, 0.25) is 0 Å². The molecule has 4 nitrogen and oxygen atoms in total. The molecule has 6 heteroatoms. The minimum atomic E-state index is -0.947. The number of carbonyl (C=O) groups is 2. The quantitative estimate of drug-likeness (QED) is 0.864. The van der Waals surface area contributed by atoms with Crippen molar-refractivity contribution in [1.29, 1.82) is 0 Å². The lowest BCUT2D eigenvalue weighted by atomic mass is 10.1. The summed E-state index contributed by atoms with van der Waals surface area (Å²) in [6.07, 6.45) is -0.208. The van der Waals surface area contributed by atoms with Gasteiger partial charge in [-0.05, 0) is 54.4 Å². The van der Waals surface area contributed by atoms with Crippen LogP contribution in [0.15, 0.2) is 22.7 Å². The van der Waals surface area contributed by atoms with E-state index in [0.29, 0.717) is 11.8 Å². The summed E-state index contributed by atoms with van der Waals surface area (Å²) < 4.78 is 18.7. The number of ether oxygens (including phenoxy) is 1. The van der Waals surface area contributed by atoms with E-state index in [2.05, 4.69) is 21.2 Å². The molecular weight excluding hydrogens is 317 g/mol. The fourth-order valence-corrected chi connectivity index (χ4v) is 1.58. The van der Waals surface area contributed by atoms with Gasteiger partial charge in [-0.25, -0.2) is 9.18 Å². The Bertz CT molecular complexity index is 485. The van der Waals surface area contributed by atoms with Crippen molar-refractivity contribution in [2.75, 3.05) is 0 Å². The molecule has 0 saturated heterocycles. The van der Waals surface area contributed by atoms with Gasteiger partial charge < -0.3 is 14.8 Å². The average Bonchev–Trinajstić information content (AvgIpc) is 2.27. The second-order valence-electron chi connectivity index (χ2n) is 4.93. The molecule has 1 aromatic rings. The predicted octanol–water partition coefficient (Wildman–Crippen LogP) is 3.35. The van der Waals surface area contributed by atoms with Gasteiger partial charge in [0, 0.05) is 0 Å². The summed E-state index contributed by atoms with van der Waals surface area (Å²) in [5.41, 5.74) is -0.316. The molecule has 104 valence electrons. The molecule has 1 amide bonds. The van der Waals surface area contributed by atoms with Crippen LogP contribution in [0.5, 0.6) is 0 Å². The number of halogens is 2. The smallest absolute Gasteiger partial charge is 0.408 e. The summed E-state index contributed by atoms with van der Waals surface area (Å²) in [6, 6.07) is 3.25. The number of hydrogen-bond acceptors (Lipinski definition) is 3. The summed E-state index contributed by atoms with van der Waals surface area (Å²) in [5, 5.41) is 2.38. The van der Waals surface area contributed by atoms with Gasteiger partial charge in [-0.15, -0.1) is 0 Å². The molecule has 1 rings (SSSR count). The number of hydrogen-bond donors (Lipinski definition) is 1. The van der Waals surface area contributed by atoms with Gasteiger partial charge in [-0.3, -0.25) is 0 Å². The lowest BCUT2D eigenvalue weighted by Crippen LogP contribution is -2.35. The van der Waals surface area contributed by atoms with E-state index >= 15 is 0 Å². The zero-order valence-corrected chi connectivity index (χ0v) is 12.5. The molecule has 0 aliphatic rings. The largest absolute Gasteiger partial charge is 0.444 e. The highest BCUT2D eigenvalue weighted by molar-refractivity contribution is 9.10. The van der Waals surface area contributed by atoms with Crippen molar-refractivity contribution in [3.8, 4) is 0 Å². The van der Waals surface area contributed by atoms with Crippen molar-refractivity contribution < 1.29 is 18.7 Å². The Balaban J connectivity index is 2.81. The molecule has 0 aromatic heterocycles. The van der Waals surface area contributed by atoms with Crippen LogP contribution in [-0.4, -0.2) is 18.0 Å². The van der Waals surface area contributed by atoms with Gasteiger partial charge in [0.1, 0.15) is 23.7 Å². The molecule has 0 spiro atoms. The molecule has 1 aromatic carbocycles. The van der Waals surface area contributed by atoms with E-state index in [-0.39, 0.29) is 4.47 Å². The van der Waals surface area contributed by atoms with Crippen LogP contribution in [0.3, 0.4) is 0 Å². The molecule has 0 bridgehead atoms. The molecule has 0 fully saturated rings. The van der Waals surface area contributed by atoms with E-state index in [4.69, 9.17) is 4.74 Å². The van der Waals surface area contributed by atoms with E-state index in [0.717, 1.165) is 0 Å². The lowest BCUT2D eigenvalue weighted by molar-refractivity contribution is -0.109. The second kappa shape index (κ2) is 6.14. The molecule has 0 heterocycles. The van der Waals surface area contributed by atoms with E-state index in [1.807, 2.05) is 0 Å². The Hall–Kier alpha value is -1.43. The third kappa shape index (κ3) is 4.98. The Morgan fingerprint density at radius 1 is 1.47 bits per heavy atom. The first-order chi connectivity index (χ1) is 8.73. The van der Waals surface area contributed by atoms with Gasteiger partial charge in [0.05, 0.1) is 4.47 Å². The number of alkyl carbamates (subject to hydrolysis) is 1. The van der Waals surface area contributed by atoms with Crippen LogP contribution in [0.1, 0.15) is 32.4 Å². The number of aldehydes is 1. The first-order valence-electron chi connectivity index (χ1n) is 5.62. The number of amides is 1. The average molecular weight is 332 g/mol. The molecule has 1 unspecified atom stereocenters. The summed E-state index contributed by atoms with van der Waals surface area (Å²) in [6.45, 7) is 5.13. The zero-order chi connectivity index (χ0) is 14.6. The Kier molecular flexibility index (Phi) is 5.05. The number of benzene rings is 1. The first-order valence-corrected chi connectivity index (χ1v) is 6.42. The van der Waals surface area contributed by atoms with Crippen LogP contribution >= 0.6 is 15.9 Å². The van der Waals surface area contributed by atoms with Gasteiger partial charge in [0.15, 0.2) is 0 Å². The van der Waals surface area contributed by atoms with Gasteiger partial charge in [0.25, 0.3) is 0 Å². The molecule has 19 heavy (non-hydrogen) atoms. The first kappa shape index (κ1) is 15.6. The second-order valence-corrected chi connectivity index (χ2v) is 5.79. The minimum absolute atomic E-state index is 0.290. The topological polar surface area (TPSA) is 55.4 Å². The number of rotatable bonds is 3. The highest BCUT2D eigenvalue weighted by atomic mass is 79.9. The van der Waals surface area contributed by atoms with E-state index < -0.39 is 23.6 Å². The number of nitrogens with one attached hydrogen (secondary N) is 1. The van der Waals surface area contributed by atoms with Crippen molar-refractivity contribution in [3.63, 3.8) is 0 Å². The zero-order valence-electron chi connectivity index (χ0n) is 10.9. The Morgan fingerprint density at radius 3 is 2.58 bits per heavy atom. The van der Waals surface area contributed by atoms with Gasteiger partial charge >= 0.3 is 6.09 Å². The molecule has 1 N–H and O–H groups in total. The SMILES string of the molecule is CC(C)(C)OC(=O)NC(C=O)c1ccc(Br)c(F)c1. The van der Waals surface area contributed by atoms with E-state index in [9.17, 15) is 14.0 Å². The van der Waals surface area contributed by atoms with Crippen molar-refractivity contribution in [2.45, 2.75) is 32.4 Å². The van der Waals surface area contributed by atoms with Crippen LogP contribution in [-0.2, 0) is 9.53 Å². The third-order valence-electron chi connectivity index (χ3n) is 2.11. The summed E-state index contributed by atoms with van der Waals surface area (Å²) >= 11 is 3.02. The maximum absolute atomic E-state index is 13.4. The third-order valence-corrected chi connectivity index (χ3v) is 2.75. The molecule has 0 aliphatic heterocycles. The van der Waals surface area contributed by atoms with Crippen molar-refractivity contribution >= 4 is 28.3 Å². The predicted molar refractivity (Wildman–Crippen MR) is 72.3 cm³/mol. The Labute approximate surface area is 119 Å². The normalized spacial score (nSPS) is 12.7. The fraction of sp³-hybridized carbons (Fsp3) is 0.385. The fourth-order valence-electron chi connectivity index (χ4n) is 1.34. The van der Waals surface area contributed by atoms with Crippen molar-refractivity contribution in [1.82, 2.24) is 5.32 Å². The summed E-state index contributed by atoms with van der Waals surface area (Å²) in [4.78, 5) is 22.6. The maximum atomic E-state index is 13.4. The molecule has 0 saturated carbocycles. The Morgan fingerprint density at radius 2 is 2.11 bits per heavy atom. The van der Waals surface area contributed by atoms with Crippen molar-refractivity contribution in [2.24, 2.45) is 0 Å². The highest BCUT2D eigenvalue weighted by Gasteiger charge is 2.20. The molecular formula is C13H15BrFNO3. The van der Waals surface area contributed by atoms with Gasteiger partial charge in [0.2, 0.25) is 0 Å². The lowest BCUT2D eigenvalue weighted by Gasteiger charge is -2.21. The molecule has 0 radical (unpaired) electrons. The van der Waals surface area contributed by atoms with Crippen LogP contribution in [0.25, 0.3) is 0 Å². The van der Waals surface area contributed by atoms with Gasteiger partial charge in [-0.1, -0.05) is 6.07 Å². The number of carbonyl (C=O) groups excluding carboxylic acids is 2. The maximum Gasteiger partial charge on any atom is 0.408 e. The van der Waals surface area contributed by atoms with Gasteiger partial charge in [-0.2, -0.15) is 0 Å². The van der Waals surface area contributed by atoms with Crippen LogP contribution in [0, 0.1) is 5.82 Å². The standard InChI is InChI=1S/C13H15BrFNO3/c1-13(2,3)19-12(18)16-11(7-17)8-4-5-9(14)10(15)6-8/h4-7,11H,1-3H3,(H,16,18). The monoisotopic (exact) mass is 331 g/mol. The van der Waals surface area contributed by atoms with Crippen LogP contribution in [0.4, 0.5) is 9.18 Å². The minimum Gasteiger partial charge on any atom is -0.444 e. The molecule has 0 aliphatic carbocycles. The summed E-state index contributed by atoms with van der Waals surface area (Å²) in [7, 11) is 0. The molecule has 1 atom stereocenters.